The Hall–Kier alpha value is -1.60. The molecular weight excluding hydrogens is 232 g/mol. The summed E-state index contributed by atoms with van der Waals surface area (Å²) in [7, 11) is 0. The predicted molar refractivity (Wildman–Crippen MR) is 78.2 cm³/mol. The first-order valence-electron chi connectivity index (χ1n) is 7.16. The second-order valence-electron chi connectivity index (χ2n) is 5.42. The van der Waals surface area contributed by atoms with Gasteiger partial charge in [-0.05, 0) is 54.4 Å². The zero-order chi connectivity index (χ0) is 13.1. The molecule has 1 heteroatoms. The number of aryl methyl sites for hydroxylation is 3. The SMILES string of the molecule is OC(CCc1ccc2c(c1)CCC2)c1ccccc1. The molecule has 2 aromatic rings. The van der Waals surface area contributed by atoms with E-state index >= 15 is 0 Å². The Bertz CT molecular complexity index is 545. The Morgan fingerprint density at radius 2 is 1.74 bits per heavy atom. The molecule has 1 aliphatic rings. The van der Waals surface area contributed by atoms with Crippen LogP contribution in [0, 0.1) is 0 Å². The van der Waals surface area contributed by atoms with Crippen LogP contribution in [0.3, 0.4) is 0 Å². The van der Waals surface area contributed by atoms with Crippen LogP contribution in [0.15, 0.2) is 48.5 Å². The van der Waals surface area contributed by atoms with Crippen LogP contribution in [0.25, 0.3) is 0 Å². The molecule has 0 aliphatic heterocycles. The van der Waals surface area contributed by atoms with E-state index in [2.05, 4.69) is 18.2 Å². The summed E-state index contributed by atoms with van der Waals surface area (Å²) in [6.07, 6.45) is 5.15. The van der Waals surface area contributed by atoms with Gasteiger partial charge in [0.2, 0.25) is 0 Å². The molecular formula is C18H20O. The zero-order valence-corrected chi connectivity index (χ0v) is 11.2. The van der Waals surface area contributed by atoms with Crippen LogP contribution in [0.4, 0.5) is 0 Å². The topological polar surface area (TPSA) is 20.2 Å². The lowest BCUT2D eigenvalue weighted by atomic mass is 9.99. The van der Waals surface area contributed by atoms with Crippen molar-refractivity contribution in [2.45, 2.75) is 38.2 Å². The van der Waals surface area contributed by atoms with Gasteiger partial charge in [-0.1, -0.05) is 48.5 Å². The molecule has 3 rings (SSSR count). The molecule has 0 heterocycles. The minimum absolute atomic E-state index is 0.352. The number of rotatable bonds is 4. The highest BCUT2D eigenvalue weighted by Crippen LogP contribution is 2.25. The normalized spacial score (nSPS) is 15.2. The molecule has 0 saturated heterocycles. The Morgan fingerprint density at radius 1 is 0.947 bits per heavy atom. The first-order chi connectivity index (χ1) is 9.33. The van der Waals surface area contributed by atoms with E-state index in [1.54, 1.807) is 0 Å². The van der Waals surface area contributed by atoms with Gasteiger partial charge >= 0.3 is 0 Å². The van der Waals surface area contributed by atoms with Gasteiger partial charge in [0, 0.05) is 0 Å². The minimum atomic E-state index is -0.352. The molecule has 0 spiro atoms. The van der Waals surface area contributed by atoms with Gasteiger partial charge in [0.25, 0.3) is 0 Å². The first-order valence-corrected chi connectivity index (χ1v) is 7.16. The van der Waals surface area contributed by atoms with Crippen LogP contribution >= 0.6 is 0 Å². The summed E-state index contributed by atoms with van der Waals surface area (Å²) < 4.78 is 0. The fourth-order valence-electron chi connectivity index (χ4n) is 2.93. The third kappa shape index (κ3) is 2.87. The molecule has 0 aromatic heterocycles. The van der Waals surface area contributed by atoms with E-state index in [4.69, 9.17) is 0 Å². The highest BCUT2D eigenvalue weighted by atomic mass is 16.3. The van der Waals surface area contributed by atoms with E-state index in [-0.39, 0.29) is 6.10 Å². The molecule has 1 atom stereocenters. The minimum Gasteiger partial charge on any atom is -0.388 e. The van der Waals surface area contributed by atoms with Crippen molar-refractivity contribution < 1.29 is 5.11 Å². The molecule has 19 heavy (non-hydrogen) atoms. The van der Waals surface area contributed by atoms with Gasteiger partial charge in [-0.3, -0.25) is 0 Å². The molecule has 0 radical (unpaired) electrons. The third-order valence-electron chi connectivity index (χ3n) is 4.05. The number of fused-ring (bicyclic) bond motifs is 1. The smallest absolute Gasteiger partial charge is 0.0793 e. The number of aliphatic hydroxyl groups excluding tert-OH is 1. The van der Waals surface area contributed by atoms with Crippen molar-refractivity contribution in [1.82, 2.24) is 0 Å². The summed E-state index contributed by atoms with van der Waals surface area (Å²) in [4.78, 5) is 0. The maximum absolute atomic E-state index is 10.2. The van der Waals surface area contributed by atoms with E-state index < -0.39 is 0 Å². The van der Waals surface area contributed by atoms with Gasteiger partial charge in [-0.25, -0.2) is 0 Å². The molecule has 1 nitrogen and oxygen atoms in total. The van der Waals surface area contributed by atoms with Gasteiger partial charge in [-0.2, -0.15) is 0 Å². The van der Waals surface area contributed by atoms with Crippen molar-refractivity contribution in [2.75, 3.05) is 0 Å². The highest BCUT2D eigenvalue weighted by Gasteiger charge is 2.12. The standard InChI is InChI=1S/C18H20O/c19-18(16-5-2-1-3-6-16)12-10-14-9-11-15-7-4-8-17(15)13-14/h1-3,5-6,9,11,13,18-19H,4,7-8,10,12H2. The Morgan fingerprint density at radius 3 is 2.58 bits per heavy atom. The molecule has 0 amide bonds. The summed E-state index contributed by atoms with van der Waals surface area (Å²) in [5, 5.41) is 10.2. The monoisotopic (exact) mass is 252 g/mol. The summed E-state index contributed by atoms with van der Waals surface area (Å²) in [6, 6.07) is 16.8. The van der Waals surface area contributed by atoms with Crippen LogP contribution in [0.2, 0.25) is 0 Å². The van der Waals surface area contributed by atoms with Crippen molar-refractivity contribution in [3.05, 3.63) is 70.8 Å². The molecule has 0 fully saturated rings. The molecule has 1 unspecified atom stereocenters. The van der Waals surface area contributed by atoms with E-state index in [9.17, 15) is 5.11 Å². The summed E-state index contributed by atoms with van der Waals surface area (Å²) in [5.74, 6) is 0. The quantitative estimate of drug-likeness (QED) is 0.876. The van der Waals surface area contributed by atoms with Crippen LogP contribution in [-0.4, -0.2) is 5.11 Å². The largest absolute Gasteiger partial charge is 0.388 e. The molecule has 1 aliphatic carbocycles. The Labute approximate surface area is 114 Å². The lowest BCUT2D eigenvalue weighted by Gasteiger charge is -2.11. The molecule has 0 bridgehead atoms. The number of benzene rings is 2. The lowest BCUT2D eigenvalue weighted by Crippen LogP contribution is -1.99. The number of hydrogen-bond acceptors (Lipinski definition) is 1. The van der Waals surface area contributed by atoms with E-state index in [1.807, 2.05) is 30.3 Å². The van der Waals surface area contributed by atoms with Gasteiger partial charge in [0.1, 0.15) is 0 Å². The van der Waals surface area contributed by atoms with Gasteiger partial charge in [-0.15, -0.1) is 0 Å². The number of hydrogen-bond donors (Lipinski definition) is 1. The number of aliphatic hydroxyl groups is 1. The van der Waals surface area contributed by atoms with Crippen LogP contribution < -0.4 is 0 Å². The average Bonchev–Trinajstić information content (AvgIpc) is 2.93. The Balaban J connectivity index is 1.63. The average molecular weight is 252 g/mol. The second-order valence-corrected chi connectivity index (χ2v) is 5.42. The Kier molecular flexibility index (Phi) is 3.65. The summed E-state index contributed by atoms with van der Waals surface area (Å²) in [6.45, 7) is 0. The van der Waals surface area contributed by atoms with E-state index in [0.717, 1.165) is 18.4 Å². The van der Waals surface area contributed by atoms with Crippen LogP contribution in [0.1, 0.15) is 41.2 Å². The van der Waals surface area contributed by atoms with Crippen LogP contribution in [0.5, 0.6) is 0 Å². The van der Waals surface area contributed by atoms with Crippen molar-refractivity contribution in [1.29, 1.82) is 0 Å². The fourth-order valence-corrected chi connectivity index (χ4v) is 2.93. The third-order valence-corrected chi connectivity index (χ3v) is 4.05. The molecule has 1 N–H and O–H groups in total. The van der Waals surface area contributed by atoms with Crippen molar-refractivity contribution in [3.63, 3.8) is 0 Å². The first kappa shape index (κ1) is 12.4. The highest BCUT2D eigenvalue weighted by molar-refractivity contribution is 5.35. The van der Waals surface area contributed by atoms with Gasteiger partial charge in [0.15, 0.2) is 0 Å². The van der Waals surface area contributed by atoms with Crippen LogP contribution in [-0.2, 0) is 19.3 Å². The lowest BCUT2D eigenvalue weighted by molar-refractivity contribution is 0.168. The van der Waals surface area contributed by atoms with Crippen molar-refractivity contribution >= 4 is 0 Å². The molecule has 0 saturated carbocycles. The maximum atomic E-state index is 10.2. The van der Waals surface area contributed by atoms with Crippen molar-refractivity contribution in [2.24, 2.45) is 0 Å². The van der Waals surface area contributed by atoms with Crippen molar-refractivity contribution in [3.8, 4) is 0 Å². The molecule has 2 aromatic carbocycles. The summed E-state index contributed by atoms with van der Waals surface area (Å²) >= 11 is 0. The van der Waals surface area contributed by atoms with E-state index in [1.165, 1.54) is 36.0 Å². The predicted octanol–water partition coefficient (Wildman–Crippen LogP) is 3.84. The fraction of sp³-hybridized carbons (Fsp3) is 0.333. The summed E-state index contributed by atoms with van der Waals surface area (Å²) in [5.41, 5.74) is 5.42. The maximum Gasteiger partial charge on any atom is 0.0793 e. The molecule has 98 valence electrons. The second kappa shape index (κ2) is 5.58. The van der Waals surface area contributed by atoms with E-state index in [0.29, 0.717) is 0 Å². The zero-order valence-electron chi connectivity index (χ0n) is 11.2. The van der Waals surface area contributed by atoms with Gasteiger partial charge < -0.3 is 5.11 Å². The van der Waals surface area contributed by atoms with Gasteiger partial charge in [0.05, 0.1) is 6.10 Å².